The summed E-state index contributed by atoms with van der Waals surface area (Å²) in [6.45, 7) is 3.48. The van der Waals surface area contributed by atoms with Crippen LogP contribution in [0.5, 0.6) is 0 Å². The molecule has 0 bridgehead atoms. The molecule has 6 nitrogen and oxygen atoms in total. The lowest BCUT2D eigenvalue weighted by Crippen LogP contribution is -2.47. The van der Waals surface area contributed by atoms with E-state index >= 15 is 0 Å². The summed E-state index contributed by atoms with van der Waals surface area (Å²) in [6, 6.07) is 6.62. The number of hydrogen-bond donors (Lipinski definition) is 2. The zero-order valence-electron chi connectivity index (χ0n) is 15.6. The smallest absolute Gasteiger partial charge is 0.190 e. The van der Waals surface area contributed by atoms with Crippen molar-refractivity contribution in [2.75, 3.05) is 5.73 Å². The van der Waals surface area contributed by atoms with Crippen molar-refractivity contribution in [1.29, 1.82) is 0 Å². The number of ether oxygens (including phenoxy) is 3. The summed E-state index contributed by atoms with van der Waals surface area (Å²) in [5.74, 6) is -2.17. The van der Waals surface area contributed by atoms with E-state index in [9.17, 15) is 13.9 Å². The fraction of sp³-hybridized carbons (Fsp3) is 0.550. The number of nitrogens with zero attached hydrogens (tertiary/aromatic N) is 1. The third-order valence-corrected chi connectivity index (χ3v) is 6.03. The summed E-state index contributed by atoms with van der Waals surface area (Å²) >= 11 is 0. The molecule has 3 N–H and O–H groups in total. The van der Waals surface area contributed by atoms with Gasteiger partial charge in [0, 0.05) is 17.7 Å². The summed E-state index contributed by atoms with van der Waals surface area (Å²) in [7, 11) is 0. The minimum atomic E-state index is -1.43. The highest BCUT2D eigenvalue weighted by Gasteiger charge is 2.69. The minimum absolute atomic E-state index is 0.0626. The maximum atomic E-state index is 14.9. The number of halogens is 2. The maximum Gasteiger partial charge on any atom is 0.190 e. The second-order valence-electron chi connectivity index (χ2n) is 8.44. The first-order valence-corrected chi connectivity index (χ1v) is 9.38. The number of anilines is 1. The standard InChI is InChI=1S/C20H22F2N2O4/c1-19(2)27-16-18(28-19)26-15-11(13(22)8-20(15,16)25)5-9-3-4-10-7-12(21)17(23)24-14(10)6-9/h3-4,6-7,11,13,15-16,18,25H,5,8H2,1-2H3,(H2,23,24)/t11-,13-,15-,16?,18-,20-/m1/s1. The molecule has 0 radical (unpaired) electrons. The van der Waals surface area contributed by atoms with Crippen LogP contribution in [-0.2, 0) is 20.6 Å². The highest BCUT2D eigenvalue weighted by molar-refractivity contribution is 5.80. The molecule has 1 aromatic heterocycles. The van der Waals surface area contributed by atoms with Gasteiger partial charge in [-0.2, -0.15) is 0 Å². The van der Waals surface area contributed by atoms with Gasteiger partial charge in [-0.05, 0) is 38.0 Å². The highest BCUT2D eigenvalue weighted by Crippen LogP contribution is 2.53. The van der Waals surface area contributed by atoms with Crippen molar-refractivity contribution in [3.63, 3.8) is 0 Å². The first-order valence-electron chi connectivity index (χ1n) is 9.38. The summed E-state index contributed by atoms with van der Waals surface area (Å²) in [4.78, 5) is 4.06. The Balaban J connectivity index is 1.42. The van der Waals surface area contributed by atoms with Gasteiger partial charge in [-0.3, -0.25) is 0 Å². The Morgan fingerprint density at radius 3 is 2.82 bits per heavy atom. The van der Waals surface area contributed by atoms with Crippen molar-refractivity contribution in [1.82, 2.24) is 4.98 Å². The van der Waals surface area contributed by atoms with Crippen LogP contribution in [0.15, 0.2) is 24.3 Å². The number of nitrogens with two attached hydrogens (primary N) is 1. The summed E-state index contributed by atoms with van der Waals surface area (Å²) in [6.07, 6.45) is -3.11. The van der Waals surface area contributed by atoms with Crippen LogP contribution < -0.4 is 5.73 Å². The van der Waals surface area contributed by atoms with Crippen LogP contribution in [0, 0.1) is 11.7 Å². The number of nitrogen functional groups attached to an aromatic ring is 1. The third-order valence-electron chi connectivity index (χ3n) is 6.03. The molecule has 1 saturated carbocycles. The largest absolute Gasteiger partial charge is 0.384 e. The van der Waals surface area contributed by atoms with Crippen molar-refractivity contribution in [2.45, 2.75) is 62.7 Å². The van der Waals surface area contributed by atoms with Crippen molar-refractivity contribution in [3.05, 3.63) is 35.6 Å². The fourth-order valence-corrected chi connectivity index (χ4v) is 4.78. The average molecular weight is 392 g/mol. The van der Waals surface area contributed by atoms with Gasteiger partial charge in [0.05, 0.1) is 11.6 Å². The molecule has 150 valence electrons. The van der Waals surface area contributed by atoms with Crippen LogP contribution in [0.2, 0.25) is 0 Å². The number of benzene rings is 1. The molecular formula is C20H22F2N2O4. The Morgan fingerprint density at radius 2 is 2.04 bits per heavy atom. The van der Waals surface area contributed by atoms with E-state index in [2.05, 4.69) is 4.98 Å². The topological polar surface area (TPSA) is 86.8 Å². The van der Waals surface area contributed by atoms with Gasteiger partial charge in [-0.25, -0.2) is 13.8 Å². The number of pyridine rings is 1. The van der Waals surface area contributed by atoms with Gasteiger partial charge in [-0.15, -0.1) is 0 Å². The second-order valence-corrected chi connectivity index (χ2v) is 8.44. The van der Waals surface area contributed by atoms with Crippen molar-refractivity contribution in [2.24, 2.45) is 5.92 Å². The Kier molecular flexibility index (Phi) is 3.78. The van der Waals surface area contributed by atoms with E-state index in [1.54, 1.807) is 32.0 Å². The van der Waals surface area contributed by atoms with E-state index in [0.29, 0.717) is 17.3 Å². The Bertz CT molecular complexity index is 955. The van der Waals surface area contributed by atoms with Crippen LogP contribution in [0.25, 0.3) is 10.9 Å². The quantitative estimate of drug-likeness (QED) is 0.817. The van der Waals surface area contributed by atoms with Gasteiger partial charge in [0.1, 0.15) is 17.9 Å². The van der Waals surface area contributed by atoms with Crippen LogP contribution in [0.1, 0.15) is 25.8 Å². The molecule has 1 aliphatic carbocycles. The molecular weight excluding hydrogens is 370 g/mol. The number of fused-ring (bicyclic) bond motifs is 4. The second kappa shape index (κ2) is 5.82. The molecule has 3 aliphatic rings. The zero-order valence-corrected chi connectivity index (χ0v) is 15.6. The van der Waals surface area contributed by atoms with Gasteiger partial charge >= 0.3 is 0 Å². The highest BCUT2D eigenvalue weighted by atomic mass is 19.1. The number of hydrogen-bond acceptors (Lipinski definition) is 6. The molecule has 3 fully saturated rings. The van der Waals surface area contributed by atoms with E-state index in [0.717, 1.165) is 5.56 Å². The zero-order chi connectivity index (χ0) is 19.8. The van der Waals surface area contributed by atoms with Crippen LogP contribution in [-0.4, -0.2) is 46.1 Å². The Morgan fingerprint density at radius 1 is 1.25 bits per heavy atom. The average Bonchev–Trinajstić information content (AvgIpc) is 3.13. The van der Waals surface area contributed by atoms with Gasteiger partial charge in [-0.1, -0.05) is 12.1 Å². The summed E-state index contributed by atoms with van der Waals surface area (Å²) < 4.78 is 45.9. The number of alkyl halides is 1. The van der Waals surface area contributed by atoms with Crippen molar-refractivity contribution < 1.29 is 28.1 Å². The Labute approximate surface area is 160 Å². The summed E-state index contributed by atoms with van der Waals surface area (Å²) in [5, 5.41) is 11.8. The minimum Gasteiger partial charge on any atom is -0.384 e. The first-order chi connectivity index (χ1) is 13.2. The van der Waals surface area contributed by atoms with Crippen LogP contribution >= 0.6 is 0 Å². The molecule has 1 unspecified atom stereocenters. The van der Waals surface area contributed by atoms with Gasteiger partial charge in [0.15, 0.2) is 23.7 Å². The van der Waals surface area contributed by atoms with Gasteiger partial charge in [0.25, 0.3) is 0 Å². The molecule has 0 amide bonds. The molecule has 2 aliphatic heterocycles. The van der Waals surface area contributed by atoms with E-state index in [1.807, 2.05) is 0 Å². The van der Waals surface area contributed by atoms with Crippen molar-refractivity contribution >= 4 is 16.7 Å². The van der Waals surface area contributed by atoms with E-state index in [4.69, 9.17) is 19.9 Å². The third kappa shape index (κ3) is 2.62. The Hall–Kier alpha value is -1.87. The molecule has 0 spiro atoms. The molecule has 5 rings (SSSR count). The van der Waals surface area contributed by atoms with E-state index in [-0.39, 0.29) is 12.2 Å². The van der Waals surface area contributed by atoms with E-state index in [1.165, 1.54) is 6.07 Å². The predicted molar refractivity (Wildman–Crippen MR) is 96.5 cm³/mol. The number of rotatable bonds is 2. The maximum absolute atomic E-state index is 14.9. The van der Waals surface area contributed by atoms with Crippen LogP contribution in [0.4, 0.5) is 14.6 Å². The van der Waals surface area contributed by atoms with Gasteiger partial charge < -0.3 is 25.1 Å². The lowest BCUT2D eigenvalue weighted by atomic mass is 9.90. The molecule has 8 heteroatoms. The molecule has 1 aromatic carbocycles. The molecule has 3 heterocycles. The van der Waals surface area contributed by atoms with Gasteiger partial charge in [0.2, 0.25) is 0 Å². The number of aromatic nitrogens is 1. The normalized spacial score (nSPS) is 38.7. The van der Waals surface area contributed by atoms with Crippen molar-refractivity contribution in [3.8, 4) is 0 Å². The predicted octanol–water partition coefficient (Wildman–Crippen LogP) is 2.46. The SMILES string of the molecule is CC1(C)OC2[C@H](O[C@@H]3[C@H](Cc4ccc5cc(F)c(N)nc5c4)[C@H](F)C[C@]23O)O1. The summed E-state index contributed by atoms with van der Waals surface area (Å²) in [5.41, 5.74) is 5.48. The monoisotopic (exact) mass is 392 g/mol. The molecule has 6 atom stereocenters. The molecule has 2 aromatic rings. The lowest BCUT2D eigenvalue weighted by Gasteiger charge is -2.29. The van der Waals surface area contributed by atoms with Crippen LogP contribution in [0.3, 0.4) is 0 Å². The fourth-order valence-electron chi connectivity index (χ4n) is 4.78. The molecule has 28 heavy (non-hydrogen) atoms. The number of aliphatic hydroxyl groups is 1. The molecule has 2 saturated heterocycles. The van der Waals surface area contributed by atoms with E-state index < -0.39 is 47.8 Å². The lowest BCUT2D eigenvalue weighted by molar-refractivity contribution is -0.228. The first kappa shape index (κ1) is 18.2.